The van der Waals surface area contributed by atoms with E-state index in [1.165, 1.54) is 5.56 Å². The lowest BCUT2D eigenvalue weighted by Crippen LogP contribution is -1.97. The van der Waals surface area contributed by atoms with Crippen LogP contribution in [0.4, 0.5) is 0 Å². The van der Waals surface area contributed by atoms with Crippen molar-refractivity contribution in [2.24, 2.45) is 0 Å². The van der Waals surface area contributed by atoms with E-state index >= 15 is 0 Å². The van der Waals surface area contributed by atoms with E-state index in [0.717, 1.165) is 44.5 Å². The molecular formula is C24H18ClN3O. The molecule has 4 nitrogen and oxygen atoms in total. The number of hydrogen-bond acceptors (Lipinski definition) is 3. The highest BCUT2D eigenvalue weighted by atomic mass is 35.5. The van der Waals surface area contributed by atoms with Crippen molar-refractivity contribution in [2.75, 3.05) is 7.11 Å². The second-order valence-electron chi connectivity index (χ2n) is 7.01. The molecule has 0 spiro atoms. The third-order valence-corrected chi connectivity index (χ3v) is 5.35. The van der Waals surface area contributed by atoms with Gasteiger partial charge >= 0.3 is 0 Å². The van der Waals surface area contributed by atoms with Crippen LogP contribution in [0.15, 0.2) is 72.9 Å². The third kappa shape index (κ3) is 3.02. The van der Waals surface area contributed by atoms with Gasteiger partial charge in [0.2, 0.25) is 0 Å². The van der Waals surface area contributed by atoms with E-state index < -0.39 is 0 Å². The van der Waals surface area contributed by atoms with Gasteiger partial charge in [0.25, 0.3) is 0 Å². The summed E-state index contributed by atoms with van der Waals surface area (Å²) in [7, 11) is 1.66. The molecule has 29 heavy (non-hydrogen) atoms. The van der Waals surface area contributed by atoms with E-state index in [1.54, 1.807) is 7.11 Å². The van der Waals surface area contributed by atoms with E-state index in [2.05, 4.69) is 36.2 Å². The Hall–Kier alpha value is -3.37. The second kappa shape index (κ2) is 6.90. The predicted molar refractivity (Wildman–Crippen MR) is 118 cm³/mol. The maximum absolute atomic E-state index is 6.20. The number of ether oxygens (including phenoxy) is 1. The number of benzene rings is 3. The first kappa shape index (κ1) is 17.7. The molecule has 0 bridgehead atoms. The highest BCUT2D eigenvalue weighted by molar-refractivity contribution is 6.31. The maximum Gasteiger partial charge on any atom is 0.119 e. The Morgan fingerprint density at radius 2 is 1.66 bits per heavy atom. The van der Waals surface area contributed by atoms with Gasteiger partial charge in [-0.25, -0.2) is 4.68 Å². The van der Waals surface area contributed by atoms with Crippen molar-refractivity contribution in [2.45, 2.75) is 6.92 Å². The van der Waals surface area contributed by atoms with Crippen LogP contribution in [-0.4, -0.2) is 21.9 Å². The largest absolute Gasteiger partial charge is 0.497 e. The molecule has 5 rings (SSSR count). The normalized spacial score (nSPS) is 11.3. The van der Waals surface area contributed by atoms with Crippen LogP contribution in [0.25, 0.3) is 38.8 Å². The molecule has 5 heteroatoms. The van der Waals surface area contributed by atoms with Crippen LogP contribution < -0.4 is 4.74 Å². The van der Waals surface area contributed by atoms with Crippen LogP contribution in [0.3, 0.4) is 0 Å². The molecule has 0 radical (unpaired) electrons. The van der Waals surface area contributed by atoms with Gasteiger partial charge < -0.3 is 4.74 Å². The number of fused-ring (bicyclic) bond motifs is 3. The molecule has 0 aliphatic carbocycles. The summed E-state index contributed by atoms with van der Waals surface area (Å²) < 4.78 is 7.28. The van der Waals surface area contributed by atoms with Crippen LogP contribution >= 0.6 is 11.6 Å². The van der Waals surface area contributed by atoms with Gasteiger partial charge in [-0.2, -0.15) is 5.10 Å². The van der Waals surface area contributed by atoms with Crippen LogP contribution in [-0.2, 0) is 0 Å². The Morgan fingerprint density at radius 1 is 0.897 bits per heavy atom. The molecule has 0 aliphatic rings. The molecule has 0 amide bonds. The van der Waals surface area contributed by atoms with Crippen LogP contribution in [0, 0.1) is 6.92 Å². The fraction of sp³-hybridized carbons (Fsp3) is 0.0833. The Morgan fingerprint density at radius 3 is 2.38 bits per heavy atom. The van der Waals surface area contributed by atoms with E-state index in [1.807, 2.05) is 53.3 Å². The Kier molecular flexibility index (Phi) is 4.22. The molecular weight excluding hydrogens is 382 g/mol. The first-order valence-corrected chi connectivity index (χ1v) is 9.70. The van der Waals surface area contributed by atoms with Crippen molar-refractivity contribution in [3.63, 3.8) is 0 Å². The van der Waals surface area contributed by atoms with Gasteiger partial charge in [0.05, 0.1) is 23.8 Å². The van der Waals surface area contributed by atoms with E-state index in [0.29, 0.717) is 5.02 Å². The average Bonchev–Trinajstić information content (AvgIpc) is 3.14. The number of nitrogens with zero attached hydrogens (tertiary/aromatic N) is 3. The molecule has 2 heterocycles. The molecule has 0 atom stereocenters. The van der Waals surface area contributed by atoms with Gasteiger partial charge in [0, 0.05) is 27.6 Å². The average molecular weight is 400 g/mol. The molecule has 5 aromatic rings. The van der Waals surface area contributed by atoms with Crippen LogP contribution in [0.2, 0.25) is 5.02 Å². The predicted octanol–water partition coefficient (Wildman–Crippen LogP) is 6.21. The summed E-state index contributed by atoms with van der Waals surface area (Å²) in [6.07, 6.45) is 1.89. The van der Waals surface area contributed by atoms with Crippen molar-refractivity contribution >= 4 is 33.4 Å². The highest BCUT2D eigenvalue weighted by Gasteiger charge is 2.17. The number of aryl methyl sites for hydroxylation is 1. The molecule has 0 saturated carbocycles. The molecule has 142 valence electrons. The van der Waals surface area contributed by atoms with Gasteiger partial charge in [-0.05, 0) is 49.4 Å². The Labute approximate surface area is 173 Å². The zero-order valence-corrected chi connectivity index (χ0v) is 16.8. The maximum atomic E-state index is 6.20. The lowest BCUT2D eigenvalue weighted by Gasteiger charge is -2.07. The number of methoxy groups -OCH3 is 1. The minimum atomic E-state index is 0.665. The molecule has 0 aliphatic heterocycles. The highest BCUT2D eigenvalue weighted by Crippen LogP contribution is 2.34. The van der Waals surface area contributed by atoms with Crippen molar-refractivity contribution in [3.8, 4) is 22.7 Å². The first-order valence-electron chi connectivity index (χ1n) is 9.32. The van der Waals surface area contributed by atoms with Crippen LogP contribution in [0.5, 0.6) is 5.75 Å². The van der Waals surface area contributed by atoms with Gasteiger partial charge in [0.1, 0.15) is 11.4 Å². The van der Waals surface area contributed by atoms with E-state index in [-0.39, 0.29) is 0 Å². The first-order chi connectivity index (χ1) is 14.1. The summed E-state index contributed by atoms with van der Waals surface area (Å²) in [4.78, 5) is 4.65. The third-order valence-electron chi connectivity index (χ3n) is 5.11. The van der Waals surface area contributed by atoms with Crippen molar-refractivity contribution in [1.29, 1.82) is 0 Å². The zero-order chi connectivity index (χ0) is 20.0. The summed E-state index contributed by atoms with van der Waals surface area (Å²) in [5.74, 6) is 0.808. The standard InChI is InChI=1S/C24H18ClN3O/c1-15-3-5-16(6-4-15)23-21-14-26-22-13-17(25)7-12-20(22)24(21)28(27-23)18-8-10-19(29-2)11-9-18/h3-14H,1-2H3. The lowest BCUT2D eigenvalue weighted by molar-refractivity contribution is 0.414. The SMILES string of the molecule is COc1ccc(-n2nc(-c3ccc(C)cc3)c3cnc4cc(Cl)ccc4c32)cc1. The van der Waals surface area contributed by atoms with Crippen molar-refractivity contribution in [1.82, 2.24) is 14.8 Å². The fourth-order valence-corrected chi connectivity index (χ4v) is 3.76. The Balaban J connectivity index is 1.85. The number of rotatable bonds is 3. The quantitative estimate of drug-likeness (QED) is 0.362. The van der Waals surface area contributed by atoms with E-state index in [4.69, 9.17) is 21.4 Å². The summed E-state index contributed by atoms with van der Waals surface area (Å²) in [5.41, 5.74) is 5.98. The topological polar surface area (TPSA) is 39.9 Å². The molecule has 0 unspecified atom stereocenters. The summed E-state index contributed by atoms with van der Waals surface area (Å²) >= 11 is 6.20. The summed E-state index contributed by atoms with van der Waals surface area (Å²) in [6.45, 7) is 2.08. The monoisotopic (exact) mass is 399 g/mol. The van der Waals surface area contributed by atoms with Crippen molar-refractivity contribution in [3.05, 3.63) is 83.5 Å². The summed E-state index contributed by atoms with van der Waals surface area (Å²) in [5, 5.41) is 7.66. The minimum absolute atomic E-state index is 0.665. The number of halogens is 1. The van der Waals surface area contributed by atoms with Gasteiger partial charge in [-0.3, -0.25) is 4.98 Å². The zero-order valence-electron chi connectivity index (χ0n) is 16.1. The molecule has 0 fully saturated rings. The van der Waals surface area contributed by atoms with E-state index in [9.17, 15) is 0 Å². The minimum Gasteiger partial charge on any atom is -0.497 e. The van der Waals surface area contributed by atoms with Gasteiger partial charge in [-0.1, -0.05) is 41.4 Å². The smallest absolute Gasteiger partial charge is 0.119 e. The molecule has 0 saturated heterocycles. The lowest BCUT2D eigenvalue weighted by atomic mass is 10.1. The van der Waals surface area contributed by atoms with Crippen molar-refractivity contribution < 1.29 is 4.74 Å². The summed E-state index contributed by atoms with van der Waals surface area (Å²) in [6, 6.07) is 22.1. The molecule has 3 aromatic carbocycles. The molecule has 0 N–H and O–H groups in total. The number of pyridine rings is 1. The molecule has 2 aromatic heterocycles. The second-order valence-corrected chi connectivity index (χ2v) is 7.44. The Bertz CT molecular complexity index is 1340. The van der Waals surface area contributed by atoms with Gasteiger partial charge in [0.15, 0.2) is 0 Å². The van der Waals surface area contributed by atoms with Gasteiger partial charge in [-0.15, -0.1) is 0 Å². The fourth-order valence-electron chi connectivity index (χ4n) is 3.59. The number of hydrogen-bond donors (Lipinski definition) is 0. The number of aromatic nitrogens is 3. The van der Waals surface area contributed by atoms with Crippen LogP contribution in [0.1, 0.15) is 5.56 Å².